The zero-order valence-corrected chi connectivity index (χ0v) is 11.1. The normalized spacial score (nSPS) is 20.4. The van der Waals surface area contributed by atoms with Crippen LogP contribution in [0.25, 0.3) is 0 Å². The molecule has 90 valence electrons. The molecule has 1 heterocycles. The Bertz CT molecular complexity index is 143. The van der Waals surface area contributed by atoms with E-state index in [-0.39, 0.29) is 0 Å². The summed E-state index contributed by atoms with van der Waals surface area (Å²) in [6.07, 6.45) is 9.80. The third-order valence-corrected chi connectivity index (χ3v) is 3.75. The molecule has 0 amide bonds. The third-order valence-electron chi connectivity index (χ3n) is 3.49. The molecule has 0 bridgehead atoms. The maximum Gasteiger partial charge on any atom is -0.00187 e. The minimum Gasteiger partial charge on any atom is -0.303 e. The van der Waals surface area contributed by atoms with Gasteiger partial charge in [-0.3, -0.25) is 0 Å². The standard InChI is InChI=1S/C13H27NS/c1-13(8-12-15)7-3-6-11-14-9-4-2-5-10-14/h13,15H,2-12H2,1H3. The van der Waals surface area contributed by atoms with E-state index in [1.54, 1.807) is 0 Å². The quantitative estimate of drug-likeness (QED) is 0.516. The van der Waals surface area contributed by atoms with E-state index in [4.69, 9.17) is 0 Å². The lowest BCUT2D eigenvalue weighted by Gasteiger charge is -2.26. The van der Waals surface area contributed by atoms with E-state index in [2.05, 4.69) is 24.5 Å². The van der Waals surface area contributed by atoms with Crippen molar-refractivity contribution in [2.45, 2.75) is 51.9 Å². The fourth-order valence-electron chi connectivity index (χ4n) is 2.38. The maximum atomic E-state index is 4.28. The van der Waals surface area contributed by atoms with Crippen molar-refractivity contribution in [3.63, 3.8) is 0 Å². The first-order chi connectivity index (χ1) is 7.33. The van der Waals surface area contributed by atoms with Crippen LogP contribution in [0.5, 0.6) is 0 Å². The number of thiol groups is 1. The molecule has 1 saturated heterocycles. The molecular weight excluding hydrogens is 202 g/mol. The molecule has 0 aliphatic carbocycles. The number of piperidine rings is 1. The number of nitrogens with zero attached hydrogens (tertiary/aromatic N) is 1. The number of rotatable bonds is 7. The lowest BCUT2D eigenvalue weighted by atomic mass is 10.0. The molecule has 1 fully saturated rings. The topological polar surface area (TPSA) is 3.24 Å². The van der Waals surface area contributed by atoms with Gasteiger partial charge in [0.15, 0.2) is 0 Å². The van der Waals surface area contributed by atoms with E-state index < -0.39 is 0 Å². The van der Waals surface area contributed by atoms with Crippen LogP contribution in [-0.4, -0.2) is 30.3 Å². The van der Waals surface area contributed by atoms with Crippen molar-refractivity contribution in [3.8, 4) is 0 Å². The van der Waals surface area contributed by atoms with Crippen molar-refractivity contribution in [2.24, 2.45) is 5.92 Å². The smallest absolute Gasteiger partial charge is 0.00187 e. The monoisotopic (exact) mass is 229 g/mol. The molecule has 1 rings (SSSR count). The highest BCUT2D eigenvalue weighted by Gasteiger charge is 2.09. The van der Waals surface area contributed by atoms with Crippen LogP contribution in [-0.2, 0) is 0 Å². The molecule has 1 aliphatic rings. The van der Waals surface area contributed by atoms with Gasteiger partial charge in [0.1, 0.15) is 0 Å². The average Bonchev–Trinajstić information content (AvgIpc) is 2.26. The first kappa shape index (κ1) is 13.4. The number of unbranched alkanes of at least 4 members (excludes halogenated alkanes) is 1. The first-order valence-electron chi connectivity index (χ1n) is 6.66. The van der Waals surface area contributed by atoms with Crippen LogP contribution in [0, 0.1) is 5.92 Å². The summed E-state index contributed by atoms with van der Waals surface area (Å²) in [5.41, 5.74) is 0. The van der Waals surface area contributed by atoms with Crippen molar-refractivity contribution >= 4 is 12.6 Å². The predicted molar refractivity (Wildman–Crippen MR) is 71.8 cm³/mol. The summed E-state index contributed by atoms with van der Waals surface area (Å²) in [5, 5.41) is 0. The fraction of sp³-hybridized carbons (Fsp3) is 1.00. The molecule has 0 spiro atoms. The second-order valence-electron chi connectivity index (χ2n) is 5.02. The van der Waals surface area contributed by atoms with Crippen LogP contribution < -0.4 is 0 Å². The summed E-state index contributed by atoms with van der Waals surface area (Å²) in [6.45, 7) is 6.41. The third kappa shape index (κ3) is 6.47. The van der Waals surface area contributed by atoms with Gasteiger partial charge in [0, 0.05) is 0 Å². The van der Waals surface area contributed by atoms with Crippen molar-refractivity contribution in [3.05, 3.63) is 0 Å². The Morgan fingerprint density at radius 3 is 2.47 bits per heavy atom. The van der Waals surface area contributed by atoms with E-state index in [9.17, 15) is 0 Å². The summed E-state index contributed by atoms with van der Waals surface area (Å²) >= 11 is 4.28. The molecule has 0 aromatic carbocycles. The van der Waals surface area contributed by atoms with Crippen LogP contribution in [0.1, 0.15) is 51.9 Å². The Labute approximate surface area is 101 Å². The summed E-state index contributed by atoms with van der Waals surface area (Å²) in [5.74, 6) is 1.93. The van der Waals surface area contributed by atoms with Gasteiger partial charge in [-0.25, -0.2) is 0 Å². The van der Waals surface area contributed by atoms with Crippen molar-refractivity contribution < 1.29 is 0 Å². The van der Waals surface area contributed by atoms with Crippen LogP contribution in [0.2, 0.25) is 0 Å². The summed E-state index contributed by atoms with van der Waals surface area (Å²) in [4.78, 5) is 2.65. The second kappa shape index (κ2) is 8.46. The Morgan fingerprint density at radius 1 is 1.07 bits per heavy atom. The minimum absolute atomic E-state index is 0.879. The van der Waals surface area contributed by atoms with Gasteiger partial charge in [-0.1, -0.05) is 26.2 Å². The zero-order valence-electron chi connectivity index (χ0n) is 10.2. The highest BCUT2D eigenvalue weighted by molar-refractivity contribution is 7.80. The summed E-state index contributed by atoms with van der Waals surface area (Å²) < 4.78 is 0. The lowest BCUT2D eigenvalue weighted by molar-refractivity contribution is 0.223. The summed E-state index contributed by atoms with van der Waals surface area (Å²) in [6, 6.07) is 0. The van der Waals surface area contributed by atoms with E-state index in [0.717, 1.165) is 11.7 Å². The van der Waals surface area contributed by atoms with E-state index in [1.807, 2.05) is 0 Å². The summed E-state index contributed by atoms with van der Waals surface area (Å²) in [7, 11) is 0. The van der Waals surface area contributed by atoms with Gasteiger partial charge in [-0.15, -0.1) is 0 Å². The highest BCUT2D eigenvalue weighted by Crippen LogP contribution is 2.14. The minimum atomic E-state index is 0.879. The SMILES string of the molecule is CC(CCS)CCCCN1CCCCC1. The largest absolute Gasteiger partial charge is 0.303 e. The maximum absolute atomic E-state index is 4.28. The molecule has 0 radical (unpaired) electrons. The van der Waals surface area contributed by atoms with Crippen LogP contribution >= 0.6 is 12.6 Å². The average molecular weight is 229 g/mol. The fourth-order valence-corrected chi connectivity index (χ4v) is 2.82. The van der Waals surface area contributed by atoms with E-state index >= 15 is 0 Å². The van der Waals surface area contributed by atoms with Gasteiger partial charge < -0.3 is 4.90 Å². The van der Waals surface area contributed by atoms with Crippen molar-refractivity contribution in [1.29, 1.82) is 0 Å². The highest BCUT2D eigenvalue weighted by atomic mass is 32.1. The molecule has 2 heteroatoms. The first-order valence-corrected chi connectivity index (χ1v) is 7.29. The Morgan fingerprint density at radius 2 is 1.80 bits per heavy atom. The molecule has 15 heavy (non-hydrogen) atoms. The molecule has 0 saturated carbocycles. The Kier molecular flexibility index (Phi) is 7.54. The molecule has 0 aromatic heterocycles. The molecule has 1 nitrogen and oxygen atoms in total. The second-order valence-corrected chi connectivity index (χ2v) is 5.46. The van der Waals surface area contributed by atoms with Crippen molar-refractivity contribution in [1.82, 2.24) is 4.90 Å². The molecular formula is C13H27NS. The van der Waals surface area contributed by atoms with Crippen LogP contribution in [0.3, 0.4) is 0 Å². The zero-order chi connectivity index (χ0) is 10.9. The van der Waals surface area contributed by atoms with Crippen LogP contribution in [0.15, 0.2) is 0 Å². The van der Waals surface area contributed by atoms with Gasteiger partial charge >= 0.3 is 0 Å². The lowest BCUT2D eigenvalue weighted by Crippen LogP contribution is -2.30. The molecule has 1 aliphatic heterocycles. The van der Waals surface area contributed by atoms with Crippen molar-refractivity contribution in [2.75, 3.05) is 25.4 Å². The van der Waals surface area contributed by atoms with Crippen LogP contribution in [0.4, 0.5) is 0 Å². The molecule has 1 unspecified atom stereocenters. The Balaban J connectivity index is 1.91. The van der Waals surface area contributed by atoms with Gasteiger partial charge in [-0.05, 0) is 57.0 Å². The van der Waals surface area contributed by atoms with E-state index in [1.165, 1.54) is 64.6 Å². The number of hydrogen-bond acceptors (Lipinski definition) is 2. The number of hydrogen-bond donors (Lipinski definition) is 1. The van der Waals surface area contributed by atoms with Gasteiger partial charge in [0.25, 0.3) is 0 Å². The molecule has 0 aromatic rings. The van der Waals surface area contributed by atoms with E-state index in [0.29, 0.717) is 0 Å². The molecule has 0 N–H and O–H groups in total. The van der Waals surface area contributed by atoms with Gasteiger partial charge in [0.2, 0.25) is 0 Å². The van der Waals surface area contributed by atoms with Gasteiger partial charge in [0.05, 0.1) is 0 Å². The van der Waals surface area contributed by atoms with Gasteiger partial charge in [-0.2, -0.15) is 12.6 Å². The number of likely N-dealkylation sites (tertiary alicyclic amines) is 1. The molecule has 1 atom stereocenters. The Hall–Kier alpha value is 0.310. The predicted octanol–water partition coefficient (Wildman–Crippen LogP) is 3.60.